The number of allylic oxidation sites excluding steroid dienone is 2. The highest BCUT2D eigenvalue weighted by Gasteiger charge is 2.52. The molecule has 1 heterocycles. The van der Waals surface area contributed by atoms with Crippen LogP contribution in [-0.4, -0.2) is 42.2 Å². The third kappa shape index (κ3) is 4.00. The van der Waals surface area contributed by atoms with Gasteiger partial charge >= 0.3 is 7.12 Å². The van der Waals surface area contributed by atoms with E-state index in [1.165, 1.54) is 5.47 Å². The van der Waals surface area contributed by atoms with Crippen molar-refractivity contribution in [2.45, 2.75) is 77.3 Å². The van der Waals surface area contributed by atoms with Crippen LogP contribution >= 0.6 is 10.3 Å². The van der Waals surface area contributed by atoms with Crippen molar-refractivity contribution in [3.63, 3.8) is 0 Å². The molecule has 0 spiro atoms. The van der Waals surface area contributed by atoms with E-state index in [1.54, 1.807) is 0 Å². The van der Waals surface area contributed by atoms with E-state index in [1.807, 2.05) is 0 Å². The van der Waals surface area contributed by atoms with Gasteiger partial charge in [-0.2, -0.15) is 0 Å². The van der Waals surface area contributed by atoms with Crippen molar-refractivity contribution in [1.82, 2.24) is 0 Å². The van der Waals surface area contributed by atoms with Gasteiger partial charge in [0.1, 0.15) is 0 Å². The van der Waals surface area contributed by atoms with E-state index < -0.39 is 10.3 Å². The summed E-state index contributed by atoms with van der Waals surface area (Å²) in [6, 6.07) is 0. The molecular weight excluding hydrogens is 307 g/mol. The lowest BCUT2D eigenvalue weighted by atomic mass is 9.77. The van der Waals surface area contributed by atoms with E-state index >= 15 is 0 Å². The Hall–Kier alpha value is 0.0349. The van der Waals surface area contributed by atoms with Crippen LogP contribution in [-0.2, 0) is 13.5 Å². The first-order chi connectivity index (χ1) is 10.3. The van der Waals surface area contributed by atoms with Crippen LogP contribution in [0.1, 0.15) is 61.3 Å². The molecule has 0 amide bonds. The molecule has 1 saturated heterocycles. The van der Waals surface area contributed by atoms with Crippen molar-refractivity contribution < 1.29 is 13.5 Å². The lowest BCUT2D eigenvalue weighted by Crippen LogP contribution is -2.41. The SMILES string of the molecule is CC1(C)OB(C2=CCC(COS(C)(C)C(C)(C)C)C2)OC1(C)C. The molecule has 2 aliphatic rings. The maximum atomic E-state index is 6.34. The van der Waals surface area contributed by atoms with E-state index in [2.05, 4.69) is 67.1 Å². The molecule has 23 heavy (non-hydrogen) atoms. The van der Waals surface area contributed by atoms with Crippen molar-refractivity contribution >= 4 is 17.4 Å². The predicted molar refractivity (Wildman–Crippen MR) is 102 cm³/mol. The van der Waals surface area contributed by atoms with Crippen LogP contribution in [0.15, 0.2) is 11.5 Å². The molecule has 0 N–H and O–H groups in total. The third-order valence-electron chi connectivity index (χ3n) is 5.87. The maximum absolute atomic E-state index is 6.34. The molecule has 0 aromatic heterocycles. The molecule has 0 aromatic rings. The zero-order chi connectivity index (χ0) is 17.7. The fourth-order valence-electron chi connectivity index (χ4n) is 2.57. The zero-order valence-electron chi connectivity index (χ0n) is 16.5. The average Bonchev–Trinajstić information content (AvgIpc) is 2.89. The highest BCUT2D eigenvalue weighted by atomic mass is 32.3. The van der Waals surface area contributed by atoms with Gasteiger partial charge in [-0.05, 0) is 64.4 Å². The summed E-state index contributed by atoms with van der Waals surface area (Å²) in [6.45, 7) is 16.1. The molecule has 0 saturated carbocycles. The van der Waals surface area contributed by atoms with Crippen LogP contribution in [0.2, 0.25) is 0 Å². The van der Waals surface area contributed by atoms with Gasteiger partial charge in [0.15, 0.2) is 0 Å². The number of rotatable bonds is 4. The minimum Gasteiger partial charge on any atom is -0.400 e. The Bertz CT molecular complexity index is 461. The van der Waals surface area contributed by atoms with Gasteiger partial charge in [0.05, 0.1) is 17.8 Å². The fraction of sp³-hybridized carbons (Fsp3) is 0.889. The van der Waals surface area contributed by atoms with Crippen LogP contribution in [0.25, 0.3) is 0 Å². The van der Waals surface area contributed by atoms with Crippen LogP contribution in [0.4, 0.5) is 0 Å². The molecule has 3 nitrogen and oxygen atoms in total. The molecule has 1 unspecified atom stereocenters. The molecule has 1 fully saturated rings. The van der Waals surface area contributed by atoms with Crippen LogP contribution in [0.5, 0.6) is 0 Å². The zero-order valence-corrected chi connectivity index (χ0v) is 17.3. The average molecular weight is 342 g/mol. The molecule has 5 heteroatoms. The first kappa shape index (κ1) is 19.4. The maximum Gasteiger partial charge on any atom is 0.490 e. The number of hydrogen-bond acceptors (Lipinski definition) is 3. The van der Waals surface area contributed by atoms with Gasteiger partial charge in [-0.3, -0.25) is 0 Å². The largest absolute Gasteiger partial charge is 0.490 e. The van der Waals surface area contributed by atoms with E-state index in [9.17, 15) is 0 Å². The van der Waals surface area contributed by atoms with Crippen molar-refractivity contribution in [2.24, 2.45) is 5.92 Å². The van der Waals surface area contributed by atoms with Crippen molar-refractivity contribution in [3.8, 4) is 0 Å². The summed E-state index contributed by atoms with van der Waals surface area (Å²) >= 11 is 0. The van der Waals surface area contributed by atoms with Crippen molar-refractivity contribution in [3.05, 3.63) is 11.5 Å². The normalized spacial score (nSPS) is 28.1. The first-order valence-electron chi connectivity index (χ1n) is 8.67. The summed E-state index contributed by atoms with van der Waals surface area (Å²) in [4.78, 5) is 0. The molecule has 0 aromatic carbocycles. The smallest absolute Gasteiger partial charge is 0.400 e. The van der Waals surface area contributed by atoms with E-state index in [4.69, 9.17) is 13.5 Å². The van der Waals surface area contributed by atoms with E-state index in [0.717, 1.165) is 19.4 Å². The second-order valence-electron chi connectivity index (χ2n) is 9.30. The van der Waals surface area contributed by atoms with Crippen LogP contribution in [0, 0.1) is 5.92 Å². The molecule has 1 aliphatic heterocycles. The van der Waals surface area contributed by atoms with Gasteiger partial charge in [-0.25, -0.2) is 0 Å². The summed E-state index contributed by atoms with van der Waals surface area (Å²) in [7, 11) is -1.23. The number of hydrogen-bond donors (Lipinski definition) is 0. The lowest BCUT2D eigenvalue weighted by molar-refractivity contribution is 0.00578. The molecule has 134 valence electrons. The van der Waals surface area contributed by atoms with Crippen LogP contribution < -0.4 is 0 Å². The Morgan fingerprint density at radius 2 is 1.70 bits per heavy atom. The Morgan fingerprint density at radius 3 is 2.17 bits per heavy atom. The summed E-state index contributed by atoms with van der Waals surface area (Å²) < 4.78 is 18.9. The van der Waals surface area contributed by atoms with Gasteiger partial charge < -0.3 is 13.5 Å². The highest BCUT2D eigenvalue weighted by Crippen LogP contribution is 2.54. The molecular formula is C18H35BO3S. The highest BCUT2D eigenvalue weighted by molar-refractivity contribution is 8.29. The third-order valence-corrected chi connectivity index (χ3v) is 9.54. The first-order valence-corrected chi connectivity index (χ1v) is 11.0. The van der Waals surface area contributed by atoms with Gasteiger partial charge in [0.25, 0.3) is 0 Å². The summed E-state index contributed by atoms with van der Waals surface area (Å²) in [5, 5.41) is 0. The predicted octanol–water partition coefficient (Wildman–Crippen LogP) is 4.75. The van der Waals surface area contributed by atoms with Crippen LogP contribution in [0.3, 0.4) is 0 Å². The Kier molecular flexibility index (Phi) is 5.12. The minimum atomic E-state index is -1.04. The molecule has 0 radical (unpaired) electrons. The second kappa shape index (κ2) is 6.08. The molecule has 0 bridgehead atoms. The van der Waals surface area contributed by atoms with Gasteiger partial charge in [-0.15, -0.1) is 10.3 Å². The van der Waals surface area contributed by atoms with E-state index in [0.29, 0.717) is 5.92 Å². The lowest BCUT2D eigenvalue weighted by Gasteiger charge is -2.44. The standard InChI is InChI=1S/C18H35BO3S/c1-16(2,3)23(8,9)20-13-14-10-11-15(12-14)19-21-17(4,5)18(6,7)22-19/h11,14H,10,12-13H2,1-9H3. The second-order valence-corrected chi connectivity index (χ2v) is 13.2. The molecule has 1 aliphatic carbocycles. The van der Waals surface area contributed by atoms with Gasteiger partial charge in [0, 0.05) is 4.75 Å². The molecule has 1 atom stereocenters. The summed E-state index contributed by atoms with van der Waals surface area (Å²) in [5.74, 6) is 0.554. The van der Waals surface area contributed by atoms with Crippen molar-refractivity contribution in [1.29, 1.82) is 0 Å². The quantitative estimate of drug-likeness (QED) is 0.690. The monoisotopic (exact) mass is 342 g/mol. The Morgan fingerprint density at radius 1 is 1.17 bits per heavy atom. The van der Waals surface area contributed by atoms with Gasteiger partial charge in [-0.1, -0.05) is 26.8 Å². The summed E-state index contributed by atoms with van der Waals surface area (Å²) in [6.07, 6.45) is 8.93. The van der Waals surface area contributed by atoms with Crippen molar-refractivity contribution in [2.75, 3.05) is 19.1 Å². The Balaban J connectivity index is 1.88. The summed E-state index contributed by atoms with van der Waals surface area (Å²) in [5.41, 5.74) is 0.775. The Labute approximate surface area is 145 Å². The fourth-order valence-corrected chi connectivity index (χ4v) is 3.46. The van der Waals surface area contributed by atoms with E-state index in [-0.39, 0.29) is 23.1 Å². The minimum absolute atomic E-state index is 0.187. The molecule has 2 rings (SSSR count). The topological polar surface area (TPSA) is 27.7 Å². The van der Waals surface area contributed by atoms with Gasteiger partial charge in [0.2, 0.25) is 0 Å².